The van der Waals surface area contributed by atoms with Crippen LogP contribution in [0.4, 0.5) is 5.69 Å². The zero-order valence-corrected chi connectivity index (χ0v) is 9.85. The molecular formula is C12H17N3O2. The Bertz CT molecular complexity index is 408. The van der Waals surface area contributed by atoms with Crippen LogP contribution in [0.2, 0.25) is 0 Å². The highest BCUT2D eigenvalue weighted by molar-refractivity contribution is 5.94. The average Bonchev–Trinajstić information content (AvgIpc) is 2.81. The van der Waals surface area contributed by atoms with Gasteiger partial charge in [-0.1, -0.05) is 0 Å². The number of carbonyl (C=O) groups excluding carboxylic acids is 1. The van der Waals surface area contributed by atoms with Crippen molar-refractivity contribution in [3.05, 3.63) is 24.0 Å². The lowest BCUT2D eigenvalue weighted by atomic mass is 10.2. The number of carbonyl (C=O) groups is 1. The summed E-state index contributed by atoms with van der Waals surface area (Å²) in [5, 5.41) is 2.85. The zero-order chi connectivity index (χ0) is 12.3. The Kier molecular flexibility index (Phi) is 3.71. The number of ether oxygens (including phenoxy) is 1. The van der Waals surface area contributed by atoms with Gasteiger partial charge in [0.1, 0.15) is 6.10 Å². The molecule has 0 aromatic carbocycles. The summed E-state index contributed by atoms with van der Waals surface area (Å²) in [7, 11) is 0. The van der Waals surface area contributed by atoms with E-state index in [1.165, 1.54) is 0 Å². The van der Waals surface area contributed by atoms with E-state index >= 15 is 0 Å². The van der Waals surface area contributed by atoms with E-state index in [2.05, 4.69) is 10.3 Å². The van der Waals surface area contributed by atoms with Gasteiger partial charge in [0.25, 0.3) is 5.91 Å². The number of nitrogens with one attached hydrogen (secondary N) is 1. The van der Waals surface area contributed by atoms with Gasteiger partial charge in [0.15, 0.2) is 0 Å². The van der Waals surface area contributed by atoms with Crippen molar-refractivity contribution >= 4 is 11.6 Å². The number of anilines is 1. The van der Waals surface area contributed by atoms with E-state index in [1.807, 2.05) is 6.92 Å². The van der Waals surface area contributed by atoms with Gasteiger partial charge in [-0.3, -0.25) is 9.78 Å². The van der Waals surface area contributed by atoms with Gasteiger partial charge in [-0.15, -0.1) is 0 Å². The summed E-state index contributed by atoms with van der Waals surface area (Å²) >= 11 is 0. The summed E-state index contributed by atoms with van der Waals surface area (Å²) in [6.07, 6.45) is 4.59. The molecule has 1 saturated heterocycles. The van der Waals surface area contributed by atoms with Crippen LogP contribution in [-0.4, -0.2) is 29.6 Å². The third kappa shape index (κ3) is 2.81. The van der Waals surface area contributed by atoms with Gasteiger partial charge >= 0.3 is 0 Å². The molecule has 1 amide bonds. The lowest BCUT2D eigenvalue weighted by molar-refractivity contribution is -0.126. The predicted molar refractivity (Wildman–Crippen MR) is 64.6 cm³/mol. The van der Waals surface area contributed by atoms with Gasteiger partial charge in [-0.25, -0.2) is 0 Å². The number of nitrogens with two attached hydrogens (primary N) is 1. The number of aromatic nitrogens is 1. The topological polar surface area (TPSA) is 77.2 Å². The van der Waals surface area contributed by atoms with E-state index in [0.717, 1.165) is 24.1 Å². The highest BCUT2D eigenvalue weighted by Crippen LogP contribution is 2.21. The number of nitrogens with zero attached hydrogens (tertiary/aromatic N) is 1. The molecule has 0 bridgehead atoms. The highest BCUT2D eigenvalue weighted by atomic mass is 16.5. The minimum atomic E-state index is -0.379. The minimum Gasteiger partial charge on any atom is -0.364 e. The van der Waals surface area contributed by atoms with E-state index < -0.39 is 0 Å². The van der Waals surface area contributed by atoms with E-state index in [4.69, 9.17) is 10.5 Å². The Balaban J connectivity index is 1.96. The van der Waals surface area contributed by atoms with Crippen molar-refractivity contribution in [1.82, 2.24) is 4.98 Å². The van der Waals surface area contributed by atoms with Crippen molar-refractivity contribution in [2.75, 3.05) is 11.9 Å². The standard InChI is InChI=1S/C12H17N3O2/c1-8-7-14-5-4-10(8)15-12(16)11-3-2-9(6-13)17-11/h4-5,7,9,11H,2-3,6,13H2,1H3,(H,14,15,16). The summed E-state index contributed by atoms with van der Waals surface area (Å²) in [5.41, 5.74) is 7.23. The van der Waals surface area contributed by atoms with E-state index in [0.29, 0.717) is 6.54 Å². The van der Waals surface area contributed by atoms with Gasteiger partial charge in [0.05, 0.1) is 6.10 Å². The van der Waals surface area contributed by atoms with Crippen LogP contribution in [0.3, 0.4) is 0 Å². The lowest BCUT2D eigenvalue weighted by Gasteiger charge is -2.13. The molecule has 5 heteroatoms. The smallest absolute Gasteiger partial charge is 0.253 e. The van der Waals surface area contributed by atoms with Crippen LogP contribution in [0.25, 0.3) is 0 Å². The third-order valence-corrected chi connectivity index (χ3v) is 2.94. The largest absolute Gasteiger partial charge is 0.364 e. The van der Waals surface area contributed by atoms with Crippen LogP contribution in [0, 0.1) is 6.92 Å². The number of hydrogen-bond donors (Lipinski definition) is 2. The molecular weight excluding hydrogens is 218 g/mol. The molecule has 1 aromatic heterocycles. The lowest BCUT2D eigenvalue weighted by Crippen LogP contribution is -2.30. The SMILES string of the molecule is Cc1cnccc1NC(=O)C1CCC(CN)O1. The fraction of sp³-hybridized carbons (Fsp3) is 0.500. The summed E-state index contributed by atoms with van der Waals surface area (Å²) in [5.74, 6) is -0.102. The maximum absolute atomic E-state index is 11.9. The number of amides is 1. The van der Waals surface area contributed by atoms with Gasteiger partial charge < -0.3 is 15.8 Å². The molecule has 2 unspecified atom stereocenters. The Morgan fingerprint density at radius 1 is 1.65 bits per heavy atom. The van der Waals surface area contributed by atoms with Crippen molar-refractivity contribution in [3.8, 4) is 0 Å². The second kappa shape index (κ2) is 5.25. The molecule has 1 fully saturated rings. The van der Waals surface area contributed by atoms with Crippen molar-refractivity contribution < 1.29 is 9.53 Å². The molecule has 0 saturated carbocycles. The van der Waals surface area contributed by atoms with Crippen molar-refractivity contribution in [3.63, 3.8) is 0 Å². The fourth-order valence-corrected chi connectivity index (χ4v) is 1.90. The van der Waals surface area contributed by atoms with Crippen molar-refractivity contribution in [2.45, 2.75) is 32.0 Å². The molecule has 1 aliphatic heterocycles. The Morgan fingerprint density at radius 3 is 3.12 bits per heavy atom. The van der Waals surface area contributed by atoms with Crippen LogP contribution >= 0.6 is 0 Å². The molecule has 0 aliphatic carbocycles. The first-order chi connectivity index (χ1) is 8.20. The van der Waals surface area contributed by atoms with Crippen LogP contribution in [0.1, 0.15) is 18.4 Å². The normalized spacial score (nSPS) is 23.6. The Hall–Kier alpha value is -1.46. The Morgan fingerprint density at radius 2 is 2.47 bits per heavy atom. The fourth-order valence-electron chi connectivity index (χ4n) is 1.90. The van der Waals surface area contributed by atoms with Crippen LogP contribution < -0.4 is 11.1 Å². The number of rotatable bonds is 3. The molecule has 2 heterocycles. The molecule has 92 valence electrons. The third-order valence-electron chi connectivity index (χ3n) is 2.94. The molecule has 5 nitrogen and oxygen atoms in total. The minimum absolute atomic E-state index is 0.0179. The molecule has 0 radical (unpaired) electrons. The summed E-state index contributed by atoms with van der Waals surface area (Å²) < 4.78 is 5.53. The van der Waals surface area contributed by atoms with E-state index in [1.54, 1.807) is 18.5 Å². The van der Waals surface area contributed by atoms with Gasteiger partial charge in [-0.05, 0) is 31.4 Å². The monoisotopic (exact) mass is 235 g/mol. The number of hydrogen-bond acceptors (Lipinski definition) is 4. The number of aryl methyl sites for hydroxylation is 1. The summed E-state index contributed by atoms with van der Waals surface area (Å²) in [6.45, 7) is 2.37. The molecule has 1 aromatic rings. The summed E-state index contributed by atoms with van der Waals surface area (Å²) in [6, 6.07) is 1.78. The average molecular weight is 235 g/mol. The molecule has 2 rings (SSSR count). The molecule has 3 N–H and O–H groups in total. The highest BCUT2D eigenvalue weighted by Gasteiger charge is 2.29. The quantitative estimate of drug-likeness (QED) is 0.813. The second-order valence-electron chi connectivity index (χ2n) is 4.24. The van der Waals surface area contributed by atoms with Crippen molar-refractivity contribution in [1.29, 1.82) is 0 Å². The van der Waals surface area contributed by atoms with Gasteiger partial charge in [0.2, 0.25) is 0 Å². The van der Waals surface area contributed by atoms with E-state index in [9.17, 15) is 4.79 Å². The molecule has 0 spiro atoms. The first-order valence-electron chi connectivity index (χ1n) is 5.77. The summed E-state index contributed by atoms with van der Waals surface area (Å²) in [4.78, 5) is 15.9. The second-order valence-corrected chi connectivity index (χ2v) is 4.24. The molecule has 2 atom stereocenters. The maximum Gasteiger partial charge on any atom is 0.253 e. The maximum atomic E-state index is 11.9. The number of pyridine rings is 1. The van der Waals surface area contributed by atoms with Crippen LogP contribution in [-0.2, 0) is 9.53 Å². The van der Waals surface area contributed by atoms with Gasteiger partial charge in [0, 0.05) is 24.6 Å². The predicted octanol–water partition coefficient (Wildman–Crippen LogP) is 0.835. The van der Waals surface area contributed by atoms with Crippen molar-refractivity contribution in [2.24, 2.45) is 5.73 Å². The molecule has 17 heavy (non-hydrogen) atoms. The van der Waals surface area contributed by atoms with E-state index in [-0.39, 0.29) is 18.1 Å². The van der Waals surface area contributed by atoms with Gasteiger partial charge in [-0.2, -0.15) is 0 Å². The van der Waals surface area contributed by atoms with Crippen LogP contribution in [0.15, 0.2) is 18.5 Å². The Labute approximate surface area is 100 Å². The van der Waals surface area contributed by atoms with Crippen LogP contribution in [0.5, 0.6) is 0 Å². The first-order valence-corrected chi connectivity index (χ1v) is 5.77. The molecule has 1 aliphatic rings. The zero-order valence-electron chi connectivity index (χ0n) is 9.85. The first kappa shape index (κ1) is 12.0.